The third-order valence-electron chi connectivity index (χ3n) is 4.62. The number of rotatable bonds is 5. The molecule has 0 aliphatic heterocycles. The van der Waals surface area contributed by atoms with Gasteiger partial charge >= 0.3 is 0 Å². The zero-order valence-electron chi connectivity index (χ0n) is 16.0. The van der Waals surface area contributed by atoms with E-state index in [0.717, 1.165) is 21.6 Å². The number of nitro benzene ring substituents is 1. The largest absolute Gasteiger partial charge is 0.298 e. The molecule has 0 aliphatic carbocycles. The van der Waals surface area contributed by atoms with Crippen molar-refractivity contribution in [2.75, 3.05) is 5.32 Å². The summed E-state index contributed by atoms with van der Waals surface area (Å²) in [5.41, 5.74) is 3.85. The number of thiazole rings is 1. The lowest BCUT2D eigenvalue weighted by molar-refractivity contribution is -0.384. The Morgan fingerprint density at radius 2 is 1.60 bits per heavy atom. The van der Waals surface area contributed by atoms with Gasteiger partial charge in [-0.25, -0.2) is 4.98 Å². The van der Waals surface area contributed by atoms with Crippen LogP contribution < -0.4 is 5.32 Å². The highest BCUT2D eigenvalue weighted by molar-refractivity contribution is 7.19. The maximum absolute atomic E-state index is 12.7. The van der Waals surface area contributed by atoms with E-state index in [0.29, 0.717) is 16.4 Å². The minimum absolute atomic E-state index is 0.0170. The summed E-state index contributed by atoms with van der Waals surface area (Å²) in [6.45, 7) is 1.88. The maximum Gasteiger partial charge on any atom is 0.269 e. The van der Waals surface area contributed by atoms with E-state index >= 15 is 0 Å². The van der Waals surface area contributed by atoms with Crippen LogP contribution in [0.2, 0.25) is 0 Å². The predicted molar refractivity (Wildman–Crippen MR) is 119 cm³/mol. The Kier molecular flexibility index (Phi) is 5.36. The van der Waals surface area contributed by atoms with Crippen LogP contribution in [-0.4, -0.2) is 15.8 Å². The Labute approximate surface area is 177 Å². The molecule has 0 aliphatic rings. The van der Waals surface area contributed by atoms with E-state index in [-0.39, 0.29) is 11.6 Å². The molecular formula is C23H17N3O3S. The average Bonchev–Trinajstić information content (AvgIpc) is 3.18. The number of nitro groups is 1. The second-order valence-corrected chi connectivity index (χ2v) is 7.63. The van der Waals surface area contributed by atoms with Gasteiger partial charge in [-0.15, -0.1) is 0 Å². The van der Waals surface area contributed by atoms with E-state index in [4.69, 9.17) is 0 Å². The van der Waals surface area contributed by atoms with Crippen LogP contribution in [0.3, 0.4) is 0 Å². The summed E-state index contributed by atoms with van der Waals surface area (Å²) < 4.78 is 0. The summed E-state index contributed by atoms with van der Waals surface area (Å²) >= 11 is 1.37. The molecule has 0 saturated carbocycles. The number of carbonyl (C=O) groups is 1. The fourth-order valence-corrected chi connectivity index (χ4v) is 4.08. The Morgan fingerprint density at radius 3 is 2.27 bits per heavy atom. The van der Waals surface area contributed by atoms with E-state index in [1.54, 1.807) is 18.2 Å². The summed E-state index contributed by atoms with van der Waals surface area (Å²) in [5, 5.41) is 14.3. The highest BCUT2D eigenvalue weighted by atomic mass is 32.1. The van der Waals surface area contributed by atoms with Crippen molar-refractivity contribution < 1.29 is 9.72 Å². The minimum atomic E-state index is -0.434. The van der Waals surface area contributed by atoms with E-state index in [1.807, 2.05) is 55.5 Å². The normalized spacial score (nSPS) is 10.6. The van der Waals surface area contributed by atoms with Crippen molar-refractivity contribution in [1.82, 2.24) is 4.98 Å². The summed E-state index contributed by atoms with van der Waals surface area (Å²) in [6.07, 6.45) is 0. The lowest BCUT2D eigenvalue weighted by atomic mass is 10.1. The van der Waals surface area contributed by atoms with Crippen LogP contribution >= 0.6 is 11.3 Å². The number of aromatic nitrogens is 1. The van der Waals surface area contributed by atoms with Crippen molar-refractivity contribution in [3.8, 4) is 21.7 Å². The second-order valence-electron chi connectivity index (χ2n) is 6.64. The minimum Gasteiger partial charge on any atom is -0.298 e. The van der Waals surface area contributed by atoms with E-state index in [9.17, 15) is 14.9 Å². The van der Waals surface area contributed by atoms with Gasteiger partial charge in [0.05, 0.1) is 15.5 Å². The molecule has 3 aromatic carbocycles. The van der Waals surface area contributed by atoms with Crippen LogP contribution in [0.25, 0.3) is 21.7 Å². The van der Waals surface area contributed by atoms with E-state index in [2.05, 4.69) is 10.3 Å². The number of anilines is 1. The van der Waals surface area contributed by atoms with Gasteiger partial charge in [-0.05, 0) is 36.2 Å². The third-order valence-corrected chi connectivity index (χ3v) is 5.64. The molecule has 7 heteroatoms. The van der Waals surface area contributed by atoms with Crippen molar-refractivity contribution in [3.05, 3.63) is 100 Å². The van der Waals surface area contributed by atoms with Crippen LogP contribution in [0, 0.1) is 17.0 Å². The number of amides is 1. The van der Waals surface area contributed by atoms with Gasteiger partial charge in [-0.2, -0.15) is 0 Å². The van der Waals surface area contributed by atoms with E-state index in [1.165, 1.54) is 23.5 Å². The average molecular weight is 415 g/mol. The molecule has 4 rings (SSSR count). The summed E-state index contributed by atoms with van der Waals surface area (Å²) in [5.74, 6) is -0.225. The number of hydrogen-bond acceptors (Lipinski definition) is 5. The van der Waals surface area contributed by atoms with Crippen molar-refractivity contribution in [1.29, 1.82) is 0 Å². The molecule has 4 aromatic rings. The van der Waals surface area contributed by atoms with Crippen molar-refractivity contribution in [3.63, 3.8) is 0 Å². The molecule has 6 nitrogen and oxygen atoms in total. The molecule has 1 amide bonds. The lowest BCUT2D eigenvalue weighted by Crippen LogP contribution is -2.12. The highest BCUT2D eigenvalue weighted by Crippen LogP contribution is 2.39. The quantitative estimate of drug-likeness (QED) is 0.323. The molecule has 0 bridgehead atoms. The van der Waals surface area contributed by atoms with Crippen LogP contribution in [-0.2, 0) is 0 Å². The Bertz CT molecular complexity index is 1220. The molecule has 0 radical (unpaired) electrons. The Balaban J connectivity index is 1.74. The number of benzene rings is 3. The summed E-state index contributed by atoms with van der Waals surface area (Å²) in [7, 11) is 0. The first-order chi connectivity index (χ1) is 14.5. The number of nitrogens with zero attached hydrogens (tertiary/aromatic N) is 2. The summed E-state index contributed by atoms with van der Waals surface area (Å²) in [4.78, 5) is 28.8. The molecule has 0 saturated heterocycles. The maximum atomic E-state index is 12.7. The van der Waals surface area contributed by atoms with Crippen molar-refractivity contribution in [2.45, 2.75) is 6.92 Å². The lowest BCUT2D eigenvalue weighted by Gasteiger charge is -2.04. The molecule has 148 valence electrons. The van der Waals surface area contributed by atoms with Crippen molar-refractivity contribution in [2.24, 2.45) is 0 Å². The number of hydrogen-bond donors (Lipinski definition) is 1. The zero-order valence-corrected chi connectivity index (χ0v) is 16.8. The second kappa shape index (κ2) is 8.26. The number of non-ortho nitro benzene ring substituents is 1. The van der Waals surface area contributed by atoms with Crippen molar-refractivity contribution >= 4 is 28.1 Å². The van der Waals surface area contributed by atoms with Gasteiger partial charge < -0.3 is 0 Å². The Hall–Kier alpha value is -3.84. The molecule has 30 heavy (non-hydrogen) atoms. The predicted octanol–water partition coefficient (Wildman–Crippen LogP) is 5.95. The van der Waals surface area contributed by atoms with Gasteiger partial charge in [-0.3, -0.25) is 20.2 Å². The molecule has 1 heterocycles. The van der Waals surface area contributed by atoms with Gasteiger partial charge in [0.2, 0.25) is 0 Å². The van der Waals surface area contributed by atoms with Crippen LogP contribution in [0.1, 0.15) is 15.9 Å². The van der Waals surface area contributed by atoms with Gasteiger partial charge in [-0.1, -0.05) is 59.9 Å². The van der Waals surface area contributed by atoms with Gasteiger partial charge in [0.15, 0.2) is 5.13 Å². The first kappa shape index (κ1) is 19.5. The van der Waals surface area contributed by atoms with Crippen LogP contribution in [0.5, 0.6) is 0 Å². The van der Waals surface area contributed by atoms with Crippen LogP contribution in [0.4, 0.5) is 10.8 Å². The fourth-order valence-electron chi connectivity index (χ4n) is 3.09. The number of aryl methyl sites for hydroxylation is 1. The van der Waals surface area contributed by atoms with Gasteiger partial charge in [0, 0.05) is 23.3 Å². The SMILES string of the molecule is Cc1ccccc1C(=O)Nc1nc(-c2ccc([N+](=O)[O-])cc2)c(-c2ccccc2)s1. The first-order valence-corrected chi connectivity index (χ1v) is 10.0. The molecular weight excluding hydrogens is 398 g/mol. The molecule has 1 aromatic heterocycles. The first-order valence-electron chi connectivity index (χ1n) is 9.21. The highest BCUT2D eigenvalue weighted by Gasteiger charge is 2.18. The topological polar surface area (TPSA) is 85.1 Å². The molecule has 0 spiro atoms. The molecule has 0 unspecified atom stereocenters. The third kappa shape index (κ3) is 3.97. The zero-order chi connectivity index (χ0) is 21.1. The fraction of sp³-hybridized carbons (Fsp3) is 0.0435. The molecule has 0 atom stereocenters. The standard InChI is InChI=1S/C23H17N3O3S/c1-15-7-5-6-10-19(15)22(27)25-23-24-20(16-11-13-18(14-12-16)26(28)29)21(30-23)17-8-3-2-4-9-17/h2-14H,1H3,(H,24,25,27). The summed E-state index contributed by atoms with van der Waals surface area (Å²) in [6, 6.07) is 23.3. The number of nitrogens with one attached hydrogen (secondary N) is 1. The monoisotopic (exact) mass is 415 g/mol. The van der Waals surface area contributed by atoms with Crippen LogP contribution in [0.15, 0.2) is 78.9 Å². The Morgan fingerprint density at radius 1 is 0.933 bits per heavy atom. The van der Waals surface area contributed by atoms with E-state index < -0.39 is 4.92 Å². The number of carbonyl (C=O) groups excluding carboxylic acids is 1. The smallest absolute Gasteiger partial charge is 0.269 e. The van der Waals surface area contributed by atoms with Gasteiger partial charge in [0.1, 0.15) is 0 Å². The van der Waals surface area contributed by atoms with Gasteiger partial charge in [0.25, 0.3) is 11.6 Å². The molecule has 0 fully saturated rings. The molecule has 1 N–H and O–H groups in total.